The lowest BCUT2D eigenvalue weighted by Gasteiger charge is -2.25. The van der Waals surface area contributed by atoms with Crippen molar-refractivity contribution in [3.8, 4) is 23.0 Å². The summed E-state index contributed by atoms with van der Waals surface area (Å²) in [4.78, 5) is 20.0. The van der Waals surface area contributed by atoms with E-state index in [1.807, 2.05) is 49.4 Å². The van der Waals surface area contributed by atoms with Crippen LogP contribution in [0.5, 0.6) is 23.0 Å². The van der Waals surface area contributed by atoms with Gasteiger partial charge in [-0.05, 0) is 36.2 Å². The second-order valence-electron chi connectivity index (χ2n) is 7.90. The molecule has 0 unspecified atom stereocenters. The lowest BCUT2D eigenvalue weighted by molar-refractivity contribution is -0.116. The zero-order chi connectivity index (χ0) is 25.7. The van der Waals surface area contributed by atoms with Gasteiger partial charge in [-0.1, -0.05) is 36.0 Å². The van der Waals surface area contributed by atoms with Crippen molar-refractivity contribution in [2.24, 2.45) is 0 Å². The van der Waals surface area contributed by atoms with Gasteiger partial charge in [0.1, 0.15) is 5.75 Å². The predicted molar refractivity (Wildman–Crippen MR) is 145 cm³/mol. The number of aromatic nitrogens is 1. The molecule has 0 fully saturated rings. The second kappa shape index (κ2) is 11.5. The quantitative estimate of drug-likeness (QED) is 0.237. The molecule has 0 aliphatic rings. The Morgan fingerprint density at radius 1 is 0.917 bits per heavy atom. The van der Waals surface area contributed by atoms with Gasteiger partial charge in [0.2, 0.25) is 11.7 Å². The molecule has 7 nitrogen and oxygen atoms in total. The van der Waals surface area contributed by atoms with E-state index >= 15 is 0 Å². The number of carbonyl (C=O) groups excluding carboxylic acids is 1. The summed E-state index contributed by atoms with van der Waals surface area (Å²) in [5.41, 5.74) is 3.55. The van der Waals surface area contributed by atoms with Gasteiger partial charge in [0.15, 0.2) is 15.8 Å². The van der Waals surface area contributed by atoms with Crippen LogP contribution in [-0.2, 0) is 11.3 Å². The number of aryl methyl sites for hydroxylation is 1. The summed E-state index contributed by atoms with van der Waals surface area (Å²) in [6.45, 7) is 2.35. The molecule has 36 heavy (non-hydrogen) atoms. The smallest absolute Gasteiger partial charge is 0.237 e. The number of hydrogen-bond acceptors (Lipinski definition) is 8. The minimum absolute atomic E-state index is 0.0676. The second-order valence-corrected chi connectivity index (χ2v) is 10.2. The Bertz CT molecular complexity index is 1310. The molecule has 0 saturated carbocycles. The SMILES string of the molecule is COc1ccc(CN(C(=O)CSc2nc3ccccc3s2)c2cc(OC)c(OC)c(OC)c2)cc1C. The maximum Gasteiger partial charge on any atom is 0.237 e. The Morgan fingerprint density at radius 3 is 2.22 bits per heavy atom. The van der Waals surface area contributed by atoms with E-state index in [9.17, 15) is 4.79 Å². The number of thioether (sulfide) groups is 1. The van der Waals surface area contributed by atoms with E-state index in [1.54, 1.807) is 56.8 Å². The predicted octanol–water partition coefficient (Wildman–Crippen LogP) is 5.96. The third kappa shape index (κ3) is 5.52. The fourth-order valence-corrected chi connectivity index (χ4v) is 5.83. The number of thiazole rings is 1. The largest absolute Gasteiger partial charge is 0.496 e. The molecule has 0 aliphatic carbocycles. The zero-order valence-corrected chi connectivity index (χ0v) is 22.5. The van der Waals surface area contributed by atoms with Gasteiger partial charge in [-0.2, -0.15) is 0 Å². The first kappa shape index (κ1) is 25.7. The van der Waals surface area contributed by atoms with Crippen LogP contribution in [0.25, 0.3) is 10.2 Å². The molecule has 0 spiro atoms. The number of fused-ring (bicyclic) bond motifs is 1. The molecular formula is C27H28N2O5S2. The Kier molecular flexibility index (Phi) is 8.22. The first-order chi connectivity index (χ1) is 17.5. The van der Waals surface area contributed by atoms with E-state index in [2.05, 4.69) is 4.98 Å². The maximum atomic E-state index is 13.6. The fourth-order valence-electron chi connectivity index (χ4n) is 3.88. The summed E-state index contributed by atoms with van der Waals surface area (Å²) in [6.07, 6.45) is 0. The molecule has 1 aromatic heterocycles. The van der Waals surface area contributed by atoms with Crippen molar-refractivity contribution in [1.29, 1.82) is 0 Å². The third-order valence-corrected chi connectivity index (χ3v) is 7.82. The lowest BCUT2D eigenvalue weighted by Crippen LogP contribution is -2.32. The molecule has 9 heteroatoms. The van der Waals surface area contributed by atoms with Crippen molar-refractivity contribution in [2.75, 3.05) is 39.1 Å². The maximum absolute atomic E-state index is 13.6. The van der Waals surface area contributed by atoms with Gasteiger partial charge in [-0.3, -0.25) is 4.79 Å². The van der Waals surface area contributed by atoms with Crippen molar-refractivity contribution >= 4 is 44.9 Å². The van der Waals surface area contributed by atoms with Crippen LogP contribution in [0, 0.1) is 6.92 Å². The van der Waals surface area contributed by atoms with Crippen LogP contribution in [0.15, 0.2) is 58.9 Å². The highest BCUT2D eigenvalue weighted by Gasteiger charge is 2.22. The summed E-state index contributed by atoms with van der Waals surface area (Å²) >= 11 is 3.02. The van der Waals surface area contributed by atoms with Gasteiger partial charge >= 0.3 is 0 Å². The van der Waals surface area contributed by atoms with Gasteiger partial charge in [0.25, 0.3) is 0 Å². The molecule has 4 aromatic rings. The van der Waals surface area contributed by atoms with Crippen LogP contribution in [0.4, 0.5) is 5.69 Å². The first-order valence-corrected chi connectivity index (χ1v) is 13.0. The third-order valence-electron chi connectivity index (χ3n) is 5.66. The van der Waals surface area contributed by atoms with E-state index in [1.165, 1.54) is 11.8 Å². The van der Waals surface area contributed by atoms with Crippen LogP contribution in [0.1, 0.15) is 11.1 Å². The average molecular weight is 525 g/mol. The highest BCUT2D eigenvalue weighted by atomic mass is 32.2. The Balaban J connectivity index is 1.66. The number of nitrogens with zero attached hydrogens (tertiary/aromatic N) is 2. The van der Waals surface area contributed by atoms with E-state index in [0.29, 0.717) is 29.5 Å². The van der Waals surface area contributed by atoms with Crippen LogP contribution >= 0.6 is 23.1 Å². The van der Waals surface area contributed by atoms with E-state index in [4.69, 9.17) is 18.9 Å². The molecule has 0 N–H and O–H groups in total. The van der Waals surface area contributed by atoms with Crippen molar-refractivity contribution in [3.05, 3.63) is 65.7 Å². The van der Waals surface area contributed by atoms with E-state index in [-0.39, 0.29) is 11.7 Å². The number of benzene rings is 3. The summed E-state index contributed by atoms with van der Waals surface area (Å²) in [6, 6.07) is 17.4. The molecular weight excluding hydrogens is 496 g/mol. The van der Waals surface area contributed by atoms with Crippen LogP contribution in [0.3, 0.4) is 0 Å². The first-order valence-electron chi connectivity index (χ1n) is 11.2. The zero-order valence-electron chi connectivity index (χ0n) is 20.9. The number of anilines is 1. The minimum atomic E-state index is -0.0676. The van der Waals surface area contributed by atoms with Crippen LogP contribution in [0.2, 0.25) is 0 Å². The van der Waals surface area contributed by atoms with Crippen molar-refractivity contribution < 1.29 is 23.7 Å². The summed E-state index contributed by atoms with van der Waals surface area (Å²) in [5, 5.41) is 0. The van der Waals surface area contributed by atoms with Gasteiger partial charge in [0, 0.05) is 12.1 Å². The summed E-state index contributed by atoms with van der Waals surface area (Å²) in [5.74, 6) is 2.40. The molecule has 4 rings (SSSR count). The molecule has 1 heterocycles. The number of para-hydroxylation sites is 1. The van der Waals surface area contributed by atoms with Crippen molar-refractivity contribution in [2.45, 2.75) is 17.8 Å². The molecule has 0 atom stereocenters. The number of methoxy groups -OCH3 is 4. The van der Waals surface area contributed by atoms with Crippen molar-refractivity contribution in [1.82, 2.24) is 4.98 Å². The number of carbonyl (C=O) groups is 1. The molecule has 0 aliphatic heterocycles. The lowest BCUT2D eigenvalue weighted by atomic mass is 10.1. The Hall–Kier alpha value is -3.43. The van der Waals surface area contributed by atoms with Gasteiger partial charge in [-0.15, -0.1) is 11.3 Å². The molecule has 0 saturated heterocycles. The number of ether oxygens (including phenoxy) is 4. The van der Waals surface area contributed by atoms with Crippen molar-refractivity contribution in [3.63, 3.8) is 0 Å². The van der Waals surface area contributed by atoms with Crippen LogP contribution < -0.4 is 23.8 Å². The number of rotatable bonds is 10. The summed E-state index contributed by atoms with van der Waals surface area (Å²) < 4.78 is 23.9. The summed E-state index contributed by atoms with van der Waals surface area (Å²) in [7, 11) is 6.32. The molecule has 0 bridgehead atoms. The topological polar surface area (TPSA) is 70.1 Å². The normalized spacial score (nSPS) is 10.8. The highest BCUT2D eigenvalue weighted by Crippen LogP contribution is 2.41. The van der Waals surface area contributed by atoms with Gasteiger partial charge in [0.05, 0.1) is 56.6 Å². The Morgan fingerprint density at radius 2 is 1.61 bits per heavy atom. The van der Waals surface area contributed by atoms with E-state index in [0.717, 1.165) is 31.4 Å². The standard InChI is InChI=1S/C27H28N2O5S2/c1-17-12-18(10-11-21(17)31-2)15-29(19-13-22(32-3)26(34-5)23(14-19)33-4)25(30)16-35-27-28-20-8-6-7-9-24(20)36-27/h6-14H,15-16H2,1-5H3. The van der Waals surface area contributed by atoms with E-state index < -0.39 is 0 Å². The van der Waals surface area contributed by atoms with Gasteiger partial charge in [-0.25, -0.2) is 4.98 Å². The molecule has 3 aromatic carbocycles. The average Bonchev–Trinajstić information content (AvgIpc) is 3.32. The Labute approximate surface area is 219 Å². The van der Waals surface area contributed by atoms with Gasteiger partial charge < -0.3 is 23.8 Å². The molecule has 188 valence electrons. The van der Waals surface area contributed by atoms with Crippen LogP contribution in [-0.4, -0.2) is 45.1 Å². The molecule has 1 amide bonds. The monoisotopic (exact) mass is 524 g/mol. The number of amides is 1. The fraction of sp³-hybridized carbons (Fsp3) is 0.259. The number of hydrogen-bond donors (Lipinski definition) is 0. The minimum Gasteiger partial charge on any atom is -0.496 e. The highest BCUT2D eigenvalue weighted by molar-refractivity contribution is 8.01. The molecule has 0 radical (unpaired) electrons.